The van der Waals surface area contributed by atoms with Gasteiger partial charge in [-0.1, -0.05) is 18.2 Å². The van der Waals surface area contributed by atoms with Crippen molar-refractivity contribution in [1.29, 1.82) is 0 Å². The Morgan fingerprint density at radius 1 is 1.43 bits per heavy atom. The lowest BCUT2D eigenvalue weighted by molar-refractivity contribution is 0.0998. The van der Waals surface area contributed by atoms with Gasteiger partial charge >= 0.3 is 0 Å². The average molecular weight is 207 g/mol. The molecule has 0 amide bonds. The molecule has 1 aromatic carbocycles. The fraction of sp³-hybridized carbons (Fsp3) is 0.364. The van der Waals surface area contributed by atoms with E-state index in [2.05, 4.69) is 0 Å². The summed E-state index contributed by atoms with van der Waals surface area (Å²) in [5, 5.41) is 0.724. The monoisotopic (exact) mass is 207 g/mol. The summed E-state index contributed by atoms with van der Waals surface area (Å²) < 4.78 is 0. The largest absolute Gasteiger partial charge is 0.324 e. The molecule has 0 aromatic heterocycles. The van der Waals surface area contributed by atoms with E-state index < -0.39 is 0 Å². The quantitative estimate of drug-likeness (QED) is 0.769. The number of benzene rings is 1. The molecule has 0 saturated heterocycles. The molecule has 3 heteroatoms. The van der Waals surface area contributed by atoms with E-state index in [9.17, 15) is 4.79 Å². The Morgan fingerprint density at radius 3 is 2.79 bits per heavy atom. The van der Waals surface area contributed by atoms with Gasteiger partial charge in [0.2, 0.25) is 0 Å². The molecule has 0 radical (unpaired) electrons. The third kappa shape index (κ3) is 2.16. The summed E-state index contributed by atoms with van der Waals surface area (Å²) in [5.74, 6) is 0.0359. The predicted molar refractivity (Wildman–Crippen MR) is 58.7 cm³/mol. The highest BCUT2D eigenvalue weighted by molar-refractivity contribution is 8.00. The van der Waals surface area contributed by atoms with Crippen molar-refractivity contribution < 1.29 is 4.79 Å². The van der Waals surface area contributed by atoms with Crippen LogP contribution in [-0.4, -0.2) is 17.6 Å². The van der Waals surface area contributed by atoms with Crippen molar-refractivity contribution in [2.24, 2.45) is 5.73 Å². The van der Waals surface area contributed by atoms with Gasteiger partial charge in [-0.15, -0.1) is 11.8 Å². The first-order valence-electron chi connectivity index (χ1n) is 4.80. The Kier molecular flexibility index (Phi) is 2.89. The van der Waals surface area contributed by atoms with Crippen LogP contribution in [0, 0.1) is 0 Å². The highest BCUT2D eigenvalue weighted by atomic mass is 32.2. The molecule has 2 N–H and O–H groups in total. The molecule has 0 heterocycles. The van der Waals surface area contributed by atoms with Gasteiger partial charge in [-0.3, -0.25) is 4.79 Å². The fourth-order valence-corrected chi connectivity index (χ4v) is 2.47. The summed E-state index contributed by atoms with van der Waals surface area (Å²) in [6.45, 7) is 0.0994. The standard InChI is InChI=1S/C11H13NOS/c12-7-10(13)9-3-1-2-4-11(9)14-8-5-6-8/h1-4,8H,5-7,12H2. The predicted octanol–water partition coefficient (Wildman–Crippen LogP) is 2.08. The van der Waals surface area contributed by atoms with E-state index >= 15 is 0 Å². The molecule has 2 nitrogen and oxygen atoms in total. The molecule has 0 aliphatic heterocycles. The van der Waals surface area contributed by atoms with Crippen LogP contribution in [0.3, 0.4) is 0 Å². The zero-order valence-electron chi connectivity index (χ0n) is 7.90. The van der Waals surface area contributed by atoms with Crippen LogP contribution in [-0.2, 0) is 0 Å². The fourth-order valence-electron chi connectivity index (χ4n) is 1.28. The van der Waals surface area contributed by atoms with Crippen molar-refractivity contribution in [3.05, 3.63) is 29.8 Å². The van der Waals surface area contributed by atoms with Crippen LogP contribution in [0.4, 0.5) is 0 Å². The first-order chi connectivity index (χ1) is 6.81. The third-order valence-corrected chi connectivity index (χ3v) is 3.61. The molecule has 0 atom stereocenters. The van der Waals surface area contributed by atoms with Gasteiger partial charge in [-0.25, -0.2) is 0 Å². The zero-order valence-corrected chi connectivity index (χ0v) is 8.72. The van der Waals surface area contributed by atoms with Crippen LogP contribution in [0.25, 0.3) is 0 Å². The normalized spacial score (nSPS) is 15.5. The van der Waals surface area contributed by atoms with E-state index in [0.29, 0.717) is 0 Å². The summed E-state index contributed by atoms with van der Waals surface area (Å²) >= 11 is 1.80. The lowest BCUT2D eigenvalue weighted by atomic mass is 10.1. The molecule has 0 spiro atoms. The Labute approximate surface area is 87.9 Å². The van der Waals surface area contributed by atoms with Gasteiger partial charge in [0.1, 0.15) is 0 Å². The Morgan fingerprint density at radius 2 is 2.14 bits per heavy atom. The van der Waals surface area contributed by atoms with Crippen LogP contribution in [0.2, 0.25) is 0 Å². The lowest BCUT2D eigenvalue weighted by Crippen LogP contribution is -2.14. The topological polar surface area (TPSA) is 43.1 Å². The van der Waals surface area contributed by atoms with Gasteiger partial charge < -0.3 is 5.73 Å². The lowest BCUT2D eigenvalue weighted by Gasteiger charge is -2.05. The molecule has 0 bridgehead atoms. The van der Waals surface area contributed by atoms with E-state index in [1.54, 1.807) is 11.8 Å². The zero-order chi connectivity index (χ0) is 9.97. The van der Waals surface area contributed by atoms with Gasteiger partial charge in [0, 0.05) is 15.7 Å². The van der Waals surface area contributed by atoms with Gasteiger partial charge in [0.15, 0.2) is 5.78 Å². The second-order valence-corrected chi connectivity index (χ2v) is 4.78. The molecule has 1 aliphatic rings. The minimum atomic E-state index is 0.0359. The maximum atomic E-state index is 11.5. The summed E-state index contributed by atoms with van der Waals surface area (Å²) in [4.78, 5) is 12.6. The van der Waals surface area contributed by atoms with Crippen molar-refractivity contribution in [1.82, 2.24) is 0 Å². The maximum absolute atomic E-state index is 11.5. The van der Waals surface area contributed by atoms with Gasteiger partial charge in [0.25, 0.3) is 0 Å². The highest BCUT2D eigenvalue weighted by Gasteiger charge is 2.24. The summed E-state index contributed by atoms with van der Waals surface area (Å²) in [6.07, 6.45) is 2.55. The van der Waals surface area contributed by atoms with Crippen molar-refractivity contribution in [3.63, 3.8) is 0 Å². The van der Waals surface area contributed by atoms with E-state index in [1.807, 2.05) is 24.3 Å². The second kappa shape index (κ2) is 4.15. The maximum Gasteiger partial charge on any atom is 0.177 e. The molecule has 1 aliphatic carbocycles. The number of hydrogen-bond acceptors (Lipinski definition) is 3. The van der Waals surface area contributed by atoms with Crippen LogP contribution in [0.1, 0.15) is 23.2 Å². The molecule has 1 saturated carbocycles. The molecule has 2 rings (SSSR count). The van der Waals surface area contributed by atoms with Gasteiger partial charge in [-0.2, -0.15) is 0 Å². The van der Waals surface area contributed by atoms with E-state index in [-0.39, 0.29) is 12.3 Å². The minimum absolute atomic E-state index is 0.0359. The average Bonchev–Trinajstić information content (AvgIpc) is 3.01. The van der Waals surface area contributed by atoms with Crippen LogP contribution in [0.5, 0.6) is 0 Å². The molecule has 1 fully saturated rings. The third-order valence-electron chi connectivity index (χ3n) is 2.19. The smallest absolute Gasteiger partial charge is 0.177 e. The van der Waals surface area contributed by atoms with Gasteiger partial charge in [-0.05, 0) is 18.9 Å². The number of hydrogen-bond donors (Lipinski definition) is 1. The number of nitrogens with two attached hydrogens (primary N) is 1. The molecule has 74 valence electrons. The Balaban J connectivity index is 2.22. The number of carbonyl (C=O) groups excluding carboxylic acids is 1. The Bertz CT molecular complexity index is 347. The number of rotatable bonds is 4. The van der Waals surface area contributed by atoms with Crippen molar-refractivity contribution >= 4 is 17.5 Å². The van der Waals surface area contributed by atoms with Crippen molar-refractivity contribution in [2.75, 3.05) is 6.54 Å². The molecular weight excluding hydrogens is 194 g/mol. The number of ketones is 1. The summed E-state index contributed by atoms with van der Waals surface area (Å²) in [7, 11) is 0. The second-order valence-electron chi connectivity index (χ2n) is 3.44. The van der Waals surface area contributed by atoms with Crippen molar-refractivity contribution in [3.8, 4) is 0 Å². The van der Waals surface area contributed by atoms with Crippen molar-refractivity contribution in [2.45, 2.75) is 23.0 Å². The summed E-state index contributed by atoms with van der Waals surface area (Å²) in [6, 6.07) is 7.73. The van der Waals surface area contributed by atoms with Crippen LogP contribution in [0.15, 0.2) is 29.2 Å². The number of thioether (sulfide) groups is 1. The van der Waals surface area contributed by atoms with E-state index in [0.717, 1.165) is 15.7 Å². The summed E-state index contributed by atoms with van der Waals surface area (Å²) in [5.41, 5.74) is 6.14. The van der Waals surface area contributed by atoms with Gasteiger partial charge in [0.05, 0.1) is 6.54 Å². The molecule has 14 heavy (non-hydrogen) atoms. The van der Waals surface area contributed by atoms with E-state index in [4.69, 9.17) is 5.73 Å². The number of carbonyl (C=O) groups is 1. The minimum Gasteiger partial charge on any atom is -0.324 e. The first-order valence-corrected chi connectivity index (χ1v) is 5.68. The first kappa shape index (κ1) is 9.74. The molecule has 0 unspecified atom stereocenters. The molecule has 1 aromatic rings. The molecular formula is C11H13NOS. The van der Waals surface area contributed by atoms with E-state index in [1.165, 1.54) is 12.8 Å². The Hall–Kier alpha value is -0.800. The number of Topliss-reactive ketones (excluding diaryl/α,β-unsaturated/α-hetero) is 1. The van der Waals surface area contributed by atoms with Crippen LogP contribution >= 0.6 is 11.8 Å². The highest BCUT2D eigenvalue weighted by Crippen LogP contribution is 2.40. The SMILES string of the molecule is NCC(=O)c1ccccc1SC1CC1. The van der Waals surface area contributed by atoms with Crippen LogP contribution < -0.4 is 5.73 Å².